The van der Waals surface area contributed by atoms with Crippen LogP contribution in [0.15, 0.2) is 24.3 Å². The molecule has 0 heterocycles. The van der Waals surface area contributed by atoms with E-state index in [4.69, 9.17) is 12.2 Å². The molecule has 1 atom stereocenters. The van der Waals surface area contributed by atoms with Gasteiger partial charge in [-0.25, -0.2) is 0 Å². The number of anilines is 1. The van der Waals surface area contributed by atoms with Crippen LogP contribution in [-0.2, 0) is 0 Å². The molecule has 2 nitrogen and oxygen atoms in total. The molecule has 1 aliphatic rings. The highest BCUT2D eigenvalue weighted by Crippen LogP contribution is 2.33. The first kappa shape index (κ1) is 12.0. The van der Waals surface area contributed by atoms with E-state index in [-0.39, 0.29) is 6.04 Å². The van der Waals surface area contributed by atoms with Crippen molar-refractivity contribution >= 4 is 5.69 Å². The Kier molecular flexibility index (Phi) is 3.71. The van der Waals surface area contributed by atoms with Crippen LogP contribution in [-0.4, -0.2) is 13.1 Å². The van der Waals surface area contributed by atoms with E-state index in [1.54, 1.807) is 0 Å². The molecule has 0 unspecified atom stereocenters. The van der Waals surface area contributed by atoms with E-state index in [9.17, 15) is 0 Å². The third-order valence-corrected chi connectivity index (χ3v) is 3.23. The number of nitrogens with two attached hydrogens (primary N) is 1. The van der Waals surface area contributed by atoms with Crippen molar-refractivity contribution in [2.45, 2.75) is 25.8 Å². The van der Waals surface area contributed by atoms with Gasteiger partial charge in [0.2, 0.25) is 0 Å². The van der Waals surface area contributed by atoms with Crippen molar-refractivity contribution in [3.63, 3.8) is 0 Å². The summed E-state index contributed by atoms with van der Waals surface area (Å²) in [5, 5.41) is 0. The van der Waals surface area contributed by atoms with Crippen LogP contribution in [0.25, 0.3) is 0 Å². The Hall–Kier alpha value is -1.46. The van der Waals surface area contributed by atoms with E-state index in [1.165, 1.54) is 24.1 Å². The Labute approximate surface area is 104 Å². The fraction of sp³-hybridized carbons (Fsp3) is 0.467. The maximum absolute atomic E-state index is 6.02. The van der Waals surface area contributed by atoms with E-state index in [1.807, 2.05) is 13.0 Å². The predicted molar refractivity (Wildman–Crippen MR) is 72.8 cm³/mol. The molecule has 0 aliphatic heterocycles. The maximum Gasteiger partial charge on any atom is 0.0791 e. The lowest BCUT2D eigenvalue weighted by Gasteiger charge is -2.26. The van der Waals surface area contributed by atoms with Crippen molar-refractivity contribution in [3.8, 4) is 12.3 Å². The van der Waals surface area contributed by atoms with Gasteiger partial charge in [0.15, 0.2) is 0 Å². The molecule has 1 fully saturated rings. The molecule has 0 amide bonds. The van der Waals surface area contributed by atoms with E-state index < -0.39 is 0 Å². The lowest BCUT2D eigenvalue weighted by Crippen LogP contribution is -2.28. The van der Waals surface area contributed by atoms with Crippen molar-refractivity contribution in [1.29, 1.82) is 0 Å². The molecule has 1 saturated carbocycles. The Morgan fingerprint density at radius 3 is 2.76 bits per heavy atom. The number of terminal acetylenes is 1. The third kappa shape index (κ3) is 3.01. The largest absolute Gasteiger partial charge is 0.360 e. The van der Waals surface area contributed by atoms with Crippen LogP contribution >= 0.6 is 0 Å². The predicted octanol–water partition coefficient (Wildman–Crippen LogP) is 2.56. The summed E-state index contributed by atoms with van der Waals surface area (Å²) in [5.41, 5.74) is 8.40. The van der Waals surface area contributed by atoms with Gasteiger partial charge in [-0.2, -0.15) is 0 Å². The normalized spacial score (nSPS) is 16.3. The van der Waals surface area contributed by atoms with Crippen LogP contribution in [0.5, 0.6) is 0 Å². The van der Waals surface area contributed by atoms with Crippen molar-refractivity contribution in [1.82, 2.24) is 0 Å². The smallest absolute Gasteiger partial charge is 0.0791 e. The molecule has 0 saturated heterocycles. The highest BCUT2D eigenvalue weighted by Gasteiger charge is 2.25. The SMILES string of the molecule is C#CCN(CC1CC1)c1ccccc1[C@H](C)N. The molecule has 1 aromatic rings. The summed E-state index contributed by atoms with van der Waals surface area (Å²) in [7, 11) is 0. The molecule has 0 bridgehead atoms. The first-order valence-electron chi connectivity index (χ1n) is 6.25. The molecule has 0 spiro atoms. The average molecular weight is 228 g/mol. The zero-order chi connectivity index (χ0) is 12.3. The van der Waals surface area contributed by atoms with Crippen molar-refractivity contribution in [2.75, 3.05) is 18.0 Å². The van der Waals surface area contributed by atoms with E-state index in [2.05, 4.69) is 29.0 Å². The van der Waals surface area contributed by atoms with E-state index in [0.717, 1.165) is 12.5 Å². The molecular formula is C15H20N2. The van der Waals surface area contributed by atoms with Crippen molar-refractivity contribution in [3.05, 3.63) is 29.8 Å². The summed E-state index contributed by atoms with van der Waals surface area (Å²) >= 11 is 0. The molecule has 0 radical (unpaired) electrons. The number of benzene rings is 1. The fourth-order valence-electron chi connectivity index (χ4n) is 2.13. The van der Waals surface area contributed by atoms with Crippen LogP contribution in [0.4, 0.5) is 5.69 Å². The molecule has 17 heavy (non-hydrogen) atoms. The average Bonchev–Trinajstić information content (AvgIpc) is 3.12. The molecular weight excluding hydrogens is 208 g/mol. The van der Waals surface area contributed by atoms with E-state index >= 15 is 0 Å². The first-order chi connectivity index (χ1) is 8.22. The Balaban J connectivity index is 2.24. The summed E-state index contributed by atoms with van der Waals surface area (Å²) < 4.78 is 0. The molecule has 2 heteroatoms. The van der Waals surface area contributed by atoms with Gasteiger partial charge in [0, 0.05) is 18.3 Å². The summed E-state index contributed by atoms with van der Waals surface area (Å²) in [4.78, 5) is 2.29. The quantitative estimate of drug-likeness (QED) is 0.785. The second-order valence-corrected chi connectivity index (χ2v) is 4.88. The molecule has 1 aromatic carbocycles. The molecule has 2 N–H and O–H groups in total. The monoisotopic (exact) mass is 228 g/mol. The molecule has 90 valence electrons. The lowest BCUT2D eigenvalue weighted by atomic mass is 10.1. The standard InChI is InChI=1S/C15H20N2/c1-3-10-17(11-13-8-9-13)15-7-5-4-6-14(15)12(2)16/h1,4-7,12-13H,8-11,16H2,2H3/t12-/m0/s1. The highest BCUT2D eigenvalue weighted by atomic mass is 15.1. The number of nitrogens with zero attached hydrogens (tertiary/aromatic N) is 1. The topological polar surface area (TPSA) is 29.3 Å². The molecule has 1 aliphatic carbocycles. The number of rotatable bonds is 5. The third-order valence-electron chi connectivity index (χ3n) is 3.23. The van der Waals surface area contributed by atoms with Gasteiger partial charge in [-0.15, -0.1) is 6.42 Å². The van der Waals surface area contributed by atoms with Gasteiger partial charge in [0.1, 0.15) is 0 Å². The van der Waals surface area contributed by atoms with Gasteiger partial charge in [0.05, 0.1) is 6.54 Å². The first-order valence-corrected chi connectivity index (χ1v) is 6.25. The van der Waals surface area contributed by atoms with Crippen molar-refractivity contribution in [2.24, 2.45) is 11.7 Å². The van der Waals surface area contributed by atoms with Gasteiger partial charge >= 0.3 is 0 Å². The zero-order valence-electron chi connectivity index (χ0n) is 10.4. The lowest BCUT2D eigenvalue weighted by molar-refractivity contribution is 0.745. The van der Waals surface area contributed by atoms with Gasteiger partial charge < -0.3 is 10.6 Å². The summed E-state index contributed by atoms with van der Waals surface area (Å²) in [6.45, 7) is 3.75. The Morgan fingerprint density at radius 2 is 2.18 bits per heavy atom. The second kappa shape index (κ2) is 5.25. The fourth-order valence-corrected chi connectivity index (χ4v) is 2.13. The van der Waals surface area contributed by atoms with Gasteiger partial charge in [0.25, 0.3) is 0 Å². The maximum atomic E-state index is 6.02. The van der Waals surface area contributed by atoms with Crippen molar-refractivity contribution < 1.29 is 0 Å². The Morgan fingerprint density at radius 1 is 1.47 bits per heavy atom. The zero-order valence-corrected chi connectivity index (χ0v) is 10.4. The van der Waals surface area contributed by atoms with Crippen LogP contribution < -0.4 is 10.6 Å². The van der Waals surface area contributed by atoms with Crippen LogP contribution in [0.1, 0.15) is 31.4 Å². The van der Waals surface area contributed by atoms with Crippen LogP contribution in [0, 0.1) is 18.3 Å². The summed E-state index contributed by atoms with van der Waals surface area (Å²) in [6, 6.07) is 8.35. The second-order valence-electron chi connectivity index (χ2n) is 4.88. The molecule has 2 rings (SSSR count). The Bertz CT molecular complexity index is 413. The highest BCUT2D eigenvalue weighted by molar-refractivity contribution is 5.55. The van der Waals surface area contributed by atoms with Gasteiger partial charge in [-0.05, 0) is 37.3 Å². The van der Waals surface area contributed by atoms with Crippen LogP contribution in [0.3, 0.4) is 0 Å². The number of para-hydroxylation sites is 1. The van der Waals surface area contributed by atoms with Crippen LogP contribution in [0.2, 0.25) is 0 Å². The number of hydrogen-bond donors (Lipinski definition) is 1. The summed E-state index contributed by atoms with van der Waals surface area (Å²) in [5.74, 6) is 3.57. The minimum atomic E-state index is 0.0469. The number of hydrogen-bond acceptors (Lipinski definition) is 2. The summed E-state index contributed by atoms with van der Waals surface area (Å²) in [6.07, 6.45) is 8.14. The van der Waals surface area contributed by atoms with Gasteiger partial charge in [-0.3, -0.25) is 0 Å². The minimum Gasteiger partial charge on any atom is -0.360 e. The molecule has 0 aromatic heterocycles. The minimum absolute atomic E-state index is 0.0469. The van der Waals surface area contributed by atoms with Gasteiger partial charge in [-0.1, -0.05) is 24.1 Å². The van der Waals surface area contributed by atoms with E-state index in [0.29, 0.717) is 6.54 Å².